The quantitative estimate of drug-likeness (QED) is 0.275. The highest BCUT2D eigenvalue weighted by Crippen LogP contribution is 2.05. The number of benzene rings is 1. The maximum Gasteiger partial charge on any atom is 0.242 e. The Morgan fingerprint density at radius 3 is 2.59 bits per heavy atom. The number of carbonyl (C=O) groups excluding carboxylic acids is 1. The second-order valence-electron chi connectivity index (χ2n) is 3.46. The summed E-state index contributed by atoms with van der Waals surface area (Å²) in [5.41, 5.74) is 1.48. The summed E-state index contributed by atoms with van der Waals surface area (Å²) >= 11 is 0. The molecule has 0 saturated heterocycles. The van der Waals surface area contributed by atoms with Crippen LogP contribution in [0.15, 0.2) is 42.1 Å². The molecule has 0 aliphatic rings. The highest BCUT2D eigenvalue weighted by molar-refractivity contribution is 6.45. The summed E-state index contributed by atoms with van der Waals surface area (Å²) in [5.74, 6) is -0.607. The Kier molecular flexibility index (Phi) is 2.95. The summed E-state index contributed by atoms with van der Waals surface area (Å²) in [7, 11) is 0. The number of aromatic nitrogens is 3. The van der Waals surface area contributed by atoms with Crippen molar-refractivity contribution in [3.05, 3.63) is 48.0 Å². The van der Waals surface area contributed by atoms with Crippen LogP contribution in [0.2, 0.25) is 0 Å². The van der Waals surface area contributed by atoms with Gasteiger partial charge in [-0.3, -0.25) is 4.79 Å². The van der Waals surface area contributed by atoms with Gasteiger partial charge in [-0.15, -0.1) is 0 Å². The molecule has 1 aromatic carbocycles. The standard InChI is InChI=1S/C11H10N4O2/c1-8-2-4-9(5-3-8)10(16)11(14-17)15-7-12-6-13-15/h2-7,17H,1H3/b14-11+. The van der Waals surface area contributed by atoms with Crippen LogP contribution in [0.4, 0.5) is 0 Å². The summed E-state index contributed by atoms with van der Waals surface area (Å²) in [6.45, 7) is 1.92. The smallest absolute Gasteiger partial charge is 0.242 e. The average molecular weight is 230 g/mol. The lowest BCUT2D eigenvalue weighted by molar-refractivity contribution is 0.105. The highest BCUT2D eigenvalue weighted by atomic mass is 16.4. The van der Waals surface area contributed by atoms with Gasteiger partial charge in [-0.2, -0.15) is 9.78 Å². The largest absolute Gasteiger partial charge is 0.409 e. The molecule has 0 fully saturated rings. The van der Waals surface area contributed by atoms with Crippen molar-refractivity contribution in [3.8, 4) is 0 Å². The average Bonchev–Trinajstić information content (AvgIpc) is 2.84. The predicted octanol–water partition coefficient (Wildman–Crippen LogP) is 1.11. The zero-order valence-corrected chi connectivity index (χ0v) is 9.11. The molecule has 1 N–H and O–H groups in total. The van der Waals surface area contributed by atoms with Gasteiger partial charge in [0, 0.05) is 5.56 Å². The lowest BCUT2D eigenvalue weighted by Gasteiger charge is -2.03. The van der Waals surface area contributed by atoms with Crippen molar-refractivity contribution in [2.45, 2.75) is 6.92 Å². The van der Waals surface area contributed by atoms with Gasteiger partial charge in [0.2, 0.25) is 11.6 Å². The van der Waals surface area contributed by atoms with Crippen LogP contribution in [0, 0.1) is 6.92 Å². The second-order valence-corrected chi connectivity index (χ2v) is 3.46. The molecule has 0 bridgehead atoms. The van der Waals surface area contributed by atoms with Crippen molar-refractivity contribution >= 4 is 11.6 Å². The molecule has 2 aromatic rings. The molecule has 0 atom stereocenters. The number of rotatable bonds is 2. The van der Waals surface area contributed by atoms with E-state index in [0.717, 1.165) is 10.2 Å². The van der Waals surface area contributed by atoms with Gasteiger partial charge in [-0.25, -0.2) is 4.98 Å². The first-order valence-electron chi connectivity index (χ1n) is 4.91. The third kappa shape index (κ3) is 2.20. The summed E-state index contributed by atoms with van der Waals surface area (Å²) in [6, 6.07) is 6.95. The molecule has 2 rings (SSSR count). The highest BCUT2D eigenvalue weighted by Gasteiger charge is 2.17. The minimum absolute atomic E-state index is 0.189. The first kappa shape index (κ1) is 11.0. The van der Waals surface area contributed by atoms with Crippen molar-refractivity contribution in [2.75, 3.05) is 0 Å². The van der Waals surface area contributed by atoms with Gasteiger partial charge >= 0.3 is 0 Å². The van der Waals surface area contributed by atoms with Crippen molar-refractivity contribution < 1.29 is 10.0 Å². The van der Waals surface area contributed by atoms with Crippen molar-refractivity contribution in [1.82, 2.24) is 14.8 Å². The molecule has 1 aromatic heterocycles. The minimum Gasteiger partial charge on any atom is -0.409 e. The van der Waals surface area contributed by atoms with E-state index in [1.54, 1.807) is 12.1 Å². The van der Waals surface area contributed by atoms with E-state index in [-0.39, 0.29) is 5.84 Å². The summed E-state index contributed by atoms with van der Waals surface area (Å²) in [6.07, 6.45) is 2.55. The summed E-state index contributed by atoms with van der Waals surface area (Å²) in [4.78, 5) is 15.7. The number of nitrogens with zero attached hydrogens (tertiary/aromatic N) is 4. The van der Waals surface area contributed by atoms with Gasteiger partial charge in [0.1, 0.15) is 12.7 Å². The first-order valence-corrected chi connectivity index (χ1v) is 4.91. The van der Waals surface area contributed by atoms with Crippen molar-refractivity contribution in [1.29, 1.82) is 0 Å². The molecule has 0 spiro atoms. The lowest BCUT2D eigenvalue weighted by Crippen LogP contribution is -2.23. The fourth-order valence-corrected chi connectivity index (χ4v) is 1.35. The van der Waals surface area contributed by atoms with Gasteiger partial charge in [0.15, 0.2) is 0 Å². The molecule has 1 heterocycles. The Hall–Kier alpha value is -2.50. The topological polar surface area (TPSA) is 80.4 Å². The van der Waals surface area contributed by atoms with E-state index in [1.807, 2.05) is 19.1 Å². The van der Waals surface area contributed by atoms with E-state index in [0.29, 0.717) is 5.56 Å². The van der Waals surface area contributed by atoms with Crippen LogP contribution in [0.3, 0.4) is 0 Å². The second kappa shape index (κ2) is 4.56. The van der Waals surface area contributed by atoms with Gasteiger partial charge in [-0.05, 0) is 6.92 Å². The van der Waals surface area contributed by atoms with Gasteiger partial charge in [0.25, 0.3) is 0 Å². The number of aryl methyl sites for hydroxylation is 1. The van der Waals surface area contributed by atoms with Crippen LogP contribution in [-0.2, 0) is 0 Å². The van der Waals surface area contributed by atoms with Crippen molar-refractivity contribution in [2.24, 2.45) is 5.16 Å². The molecule has 86 valence electrons. The molecule has 0 aliphatic heterocycles. The fourth-order valence-electron chi connectivity index (χ4n) is 1.35. The lowest BCUT2D eigenvalue weighted by atomic mass is 10.1. The fraction of sp³-hybridized carbons (Fsp3) is 0.0909. The van der Waals surface area contributed by atoms with E-state index in [4.69, 9.17) is 5.21 Å². The Labute approximate surface area is 97.2 Å². The molecule has 6 heteroatoms. The molecule has 6 nitrogen and oxygen atoms in total. The zero-order chi connectivity index (χ0) is 12.3. The van der Waals surface area contributed by atoms with Crippen LogP contribution in [-0.4, -0.2) is 31.6 Å². The molecular weight excluding hydrogens is 220 g/mol. The SMILES string of the molecule is Cc1ccc(C(=O)/C(=N\O)n2cncn2)cc1. The third-order valence-corrected chi connectivity index (χ3v) is 2.25. The van der Waals surface area contributed by atoms with E-state index >= 15 is 0 Å². The number of ketones is 1. The molecule has 17 heavy (non-hydrogen) atoms. The monoisotopic (exact) mass is 230 g/mol. The molecule has 0 aliphatic carbocycles. The van der Waals surface area contributed by atoms with Crippen LogP contribution < -0.4 is 0 Å². The van der Waals surface area contributed by atoms with Crippen LogP contribution in [0.25, 0.3) is 0 Å². The number of hydrogen-bond donors (Lipinski definition) is 1. The first-order chi connectivity index (χ1) is 8.22. The minimum atomic E-state index is -0.419. The summed E-state index contributed by atoms with van der Waals surface area (Å²) in [5, 5.41) is 15.6. The molecular formula is C11H10N4O2. The Bertz CT molecular complexity index is 543. The maximum atomic E-state index is 12.0. The molecule has 0 radical (unpaired) electrons. The van der Waals surface area contributed by atoms with Crippen LogP contribution in [0.5, 0.6) is 0 Å². The van der Waals surface area contributed by atoms with E-state index in [9.17, 15) is 4.79 Å². The van der Waals surface area contributed by atoms with Gasteiger partial charge in [-0.1, -0.05) is 35.0 Å². The number of hydrogen-bond acceptors (Lipinski definition) is 5. The zero-order valence-electron chi connectivity index (χ0n) is 9.11. The Morgan fingerprint density at radius 1 is 1.35 bits per heavy atom. The van der Waals surface area contributed by atoms with Crippen LogP contribution in [0.1, 0.15) is 15.9 Å². The number of Topliss-reactive ketones (excluding diaryl/α,β-unsaturated/α-hetero) is 1. The van der Waals surface area contributed by atoms with Gasteiger partial charge in [0.05, 0.1) is 0 Å². The predicted molar refractivity (Wildman–Crippen MR) is 60.2 cm³/mol. The van der Waals surface area contributed by atoms with E-state index in [1.165, 1.54) is 12.7 Å². The molecule has 0 unspecified atom stereocenters. The Balaban J connectivity index is 2.34. The van der Waals surface area contributed by atoms with Crippen molar-refractivity contribution in [3.63, 3.8) is 0 Å². The van der Waals surface area contributed by atoms with E-state index < -0.39 is 5.78 Å². The normalized spacial score (nSPS) is 11.5. The molecule has 0 amide bonds. The number of carbonyl (C=O) groups is 1. The number of oxime groups is 1. The maximum absolute atomic E-state index is 12.0. The van der Waals surface area contributed by atoms with Crippen LogP contribution >= 0.6 is 0 Å². The van der Waals surface area contributed by atoms with E-state index in [2.05, 4.69) is 15.2 Å². The van der Waals surface area contributed by atoms with Gasteiger partial charge < -0.3 is 5.21 Å². The Morgan fingerprint density at radius 2 is 2.06 bits per heavy atom. The molecule has 0 saturated carbocycles. The summed E-state index contributed by atoms with van der Waals surface area (Å²) < 4.78 is 1.11. The third-order valence-electron chi connectivity index (χ3n) is 2.25.